The maximum Gasteiger partial charge on any atom is 0.237 e. The molecule has 0 radical (unpaired) electrons. The second-order valence-electron chi connectivity index (χ2n) is 6.75. The molecular formula is C17H20N2O4S. The molecule has 0 spiro atoms. The van der Waals surface area contributed by atoms with E-state index in [-0.39, 0.29) is 11.3 Å². The van der Waals surface area contributed by atoms with Crippen LogP contribution in [0, 0.1) is 0 Å². The maximum absolute atomic E-state index is 11.6. The molecule has 2 aliphatic rings. The molecule has 0 amide bonds. The minimum atomic E-state index is -3.19. The number of rotatable bonds is 4. The quantitative estimate of drug-likeness (QED) is 0.844. The number of aromatic nitrogens is 2. The van der Waals surface area contributed by atoms with Crippen LogP contribution in [0.25, 0.3) is 0 Å². The van der Waals surface area contributed by atoms with Crippen LogP contribution in [0.2, 0.25) is 0 Å². The summed E-state index contributed by atoms with van der Waals surface area (Å²) >= 11 is 0. The van der Waals surface area contributed by atoms with E-state index in [0.717, 1.165) is 43.7 Å². The van der Waals surface area contributed by atoms with Gasteiger partial charge in [0.1, 0.15) is 0 Å². The lowest BCUT2D eigenvalue weighted by atomic mass is 9.64. The lowest BCUT2D eigenvalue weighted by molar-refractivity contribution is 0.192. The first-order valence-corrected chi connectivity index (χ1v) is 10.1. The molecule has 1 aromatic heterocycles. The number of benzene rings is 1. The summed E-state index contributed by atoms with van der Waals surface area (Å²) in [6, 6.07) is 7.07. The molecule has 1 aliphatic carbocycles. The van der Waals surface area contributed by atoms with Crippen LogP contribution in [0.5, 0.6) is 0 Å². The van der Waals surface area contributed by atoms with Crippen molar-refractivity contribution in [2.75, 3.05) is 19.5 Å². The molecule has 7 heteroatoms. The molecule has 0 bridgehead atoms. The third-order valence-electron chi connectivity index (χ3n) is 5.19. The summed E-state index contributed by atoms with van der Waals surface area (Å²) < 4.78 is 34.3. The number of hydrogen-bond donors (Lipinski definition) is 0. The van der Waals surface area contributed by atoms with Gasteiger partial charge in [-0.15, -0.1) is 0 Å². The highest BCUT2D eigenvalue weighted by atomic mass is 32.2. The van der Waals surface area contributed by atoms with Crippen molar-refractivity contribution in [2.45, 2.75) is 41.9 Å². The van der Waals surface area contributed by atoms with E-state index in [0.29, 0.717) is 17.4 Å². The van der Waals surface area contributed by atoms with Gasteiger partial charge in [0, 0.05) is 18.8 Å². The summed E-state index contributed by atoms with van der Waals surface area (Å²) in [5.74, 6) is 1.58. The summed E-state index contributed by atoms with van der Waals surface area (Å²) in [7, 11) is -3.19. The highest BCUT2D eigenvalue weighted by Gasteiger charge is 2.45. The van der Waals surface area contributed by atoms with Gasteiger partial charge in [0.05, 0.1) is 16.9 Å². The van der Waals surface area contributed by atoms with E-state index >= 15 is 0 Å². The second kappa shape index (κ2) is 5.67. The van der Waals surface area contributed by atoms with E-state index in [9.17, 15) is 8.42 Å². The van der Waals surface area contributed by atoms with Crippen LogP contribution in [0.4, 0.5) is 0 Å². The van der Waals surface area contributed by atoms with Crippen LogP contribution >= 0.6 is 0 Å². The molecule has 2 heterocycles. The SMILES string of the molecule is CS(=O)(=O)c1ccc(C2(c3nc([C@@H]4CCOC4)no3)CCC2)cc1. The van der Waals surface area contributed by atoms with Crippen LogP contribution in [0.3, 0.4) is 0 Å². The summed E-state index contributed by atoms with van der Waals surface area (Å²) in [5, 5.41) is 4.17. The average Bonchev–Trinajstić information content (AvgIpc) is 3.17. The van der Waals surface area contributed by atoms with Crippen molar-refractivity contribution in [1.82, 2.24) is 10.1 Å². The maximum atomic E-state index is 11.6. The molecule has 1 saturated heterocycles. The van der Waals surface area contributed by atoms with Crippen molar-refractivity contribution in [3.63, 3.8) is 0 Å². The number of sulfone groups is 1. The number of nitrogens with zero attached hydrogens (tertiary/aromatic N) is 2. The van der Waals surface area contributed by atoms with Gasteiger partial charge in [0.15, 0.2) is 15.7 Å². The molecule has 128 valence electrons. The molecular weight excluding hydrogens is 328 g/mol. The molecule has 6 nitrogen and oxygen atoms in total. The highest BCUT2D eigenvalue weighted by Crippen LogP contribution is 2.48. The molecule has 24 heavy (non-hydrogen) atoms. The number of ether oxygens (including phenoxy) is 1. The monoisotopic (exact) mass is 348 g/mol. The van der Waals surface area contributed by atoms with Gasteiger partial charge >= 0.3 is 0 Å². The molecule has 1 aliphatic heterocycles. The van der Waals surface area contributed by atoms with Gasteiger partial charge in [-0.3, -0.25) is 0 Å². The van der Waals surface area contributed by atoms with E-state index in [4.69, 9.17) is 9.26 Å². The Labute approximate surface area is 141 Å². The van der Waals surface area contributed by atoms with E-state index in [1.807, 2.05) is 12.1 Å². The van der Waals surface area contributed by atoms with Crippen molar-refractivity contribution in [2.24, 2.45) is 0 Å². The van der Waals surface area contributed by atoms with Crippen LogP contribution in [-0.4, -0.2) is 38.0 Å². The lowest BCUT2D eigenvalue weighted by Crippen LogP contribution is -2.36. The summed E-state index contributed by atoms with van der Waals surface area (Å²) in [6.45, 7) is 1.39. The Hall–Kier alpha value is -1.73. The van der Waals surface area contributed by atoms with Gasteiger partial charge < -0.3 is 9.26 Å². The van der Waals surface area contributed by atoms with Crippen molar-refractivity contribution in [3.8, 4) is 0 Å². The molecule has 2 aromatic rings. The van der Waals surface area contributed by atoms with Crippen molar-refractivity contribution in [1.29, 1.82) is 0 Å². The smallest absolute Gasteiger partial charge is 0.237 e. The second-order valence-corrected chi connectivity index (χ2v) is 8.77. The molecule has 0 N–H and O–H groups in total. The third kappa shape index (κ3) is 2.56. The van der Waals surface area contributed by atoms with E-state index in [2.05, 4.69) is 10.1 Å². The number of hydrogen-bond acceptors (Lipinski definition) is 6. The molecule has 1 atom stereocenters. The molecule has 1 saturated carbocycles. The van der Waals surface area contributed by atoms with Crippen LogP contribution in [-0.2, 0) is 20.0 Å². The Morgan fingerprint density at radius 1 is 1.21 bits per heavy atom. The summed E-state index contributed by atoms with van der Waals surface area (Å²) in [5.41, 5.74) is 0.764. The van der Waals surface area contributed by atoms with Gasteiger partial charge in [-0.05, 0) is 37.0 Å². The largest absolute Gasteiger partial charge is 0.381 e. The fourth-order valence-electron chi connectivity index (χ4n) is 3.51. The Kier molecular flexibility index (Phi) is 3.73. The van der Waals surface area contributed by atoms with Crippen molar-refractivity contribution < 1.29 is 17.7 Å². The Bertz CT molecular complexity index is 832. The first kappa shape index (κ1) is 15.8. The zero-order chi connectivity index (χ0) is 16.8. The minimum absolute atomic E-state index is 0.215. The Morgan fingerprint density at radius 2 is 1.96 bits per heavy atom. The van der Waals surface area contributed by atoms with E-state index in [1.54, 1.807) is 12.1 Å². The van der Waals surface area contributed by atoms with Gasteiger partial charge in [0.2, 0.25) is 5.89 Å². The standard InChI is InChI=1S/C17H20N2O4S/c1-24(20,21)14-5-3-13(4-6-14)17(8-2-9-17)16-18-15(19-23-16)12-7-10-22-11-12/h3-6,12H,2,7-11H2,1H3/t12-/m1/s1. The van der Waals surface area contributed by atoms with E-state index in [1.165, 1.54) is 6.26 Å². The highest BCUT2D eigenvalue weighted by molar-refractivity contribution is 7.90. The van der Waals surface area contributed by atoms with Crippen LogP contribution in [0.1, 0.15) is 48.9 Å². The first-order chi connectivity index (χ1) is 11.5. The predicted octanol–water partition coefficient (Wildman–Crippen LogP) is 2.45. The normalized spacial score (nSPS) is 23.1. The third-order valence-corrected chi connectivity index (χ3v) is 6.32. The summed E-state index contributed by atoms with van der Waals surface area (Å²) in [6.07, 6.45) is 5.12. The van der Waals surface area contributed by atoms with Crippen LogP contribution < -0.4 is 0 Å². The summed E-state index contributed by atoms with van der Waals surface area (Å²) in [4.78, 5) is 4.99. The van der Waals surface area contributed by atoms with Gasteiger partial charge in [-0.1, -0.05) is 23.7 Å². The topological polar surface area (TPSA) is 82.3 Å². The van der Waals surface area contributed by atoms with Crippen molar-refractivity contribution >= 4 is 9.84 Å². The van der Waals surface area contributed by atoms with Gasteiger partial charge in [-0.2, -0.15) is 4.98 Å². The lowest BCUT2D eigenvalue weighted by Gasteiger charge is -2.39. The first-order valence-electron chi connectivity index (χ1n) is 8.21. The average molecular weight is 348 g/mol. The van der Waals surface area contributed by atoms with Crippen LogP contribution in [0.15, 0.2) is 33.7 Å². The molecule has 4 rings (SSSR count). The Morgan fingerprint density at radius 3 is 2.50 bits per heavy atom. The van der Waals surface area contributed by atoms with Gasteiger partial charge in [-0.25, -0.2) is 8.42 Å². The molecule has 2 fully saturated rings. The zero-order valence-electron chi connectivity index (χ0n) is 13.6. The minimum Gasteiger partial charge on any atom is -0.381 e. The fraction of sp³-hybridized carbons (Fsp3) is 0.529. The fourth-order valence-corrected chi connectivity index (χ4v) is 4.14. The van der Waals surface area contributed by atoms with E-state index < -0.39 is 9.84 Å². The van der Waals surface area contributed by atoms with Crippen molar-refractivity contribution in [3.05, 3.63) is 41.5 Å². The van der Waals surface area contributed by atoms with Gasteiger partial charge in [0.25, 0.3) is 0 Å². The Balaban J connectivity index is 1.66. The molecule has 0 unspecified atom stereocenters. The zero-order valence-corrected chi connectivity index (χ0v) is 14.4. The predicted molar refractivity (Wildman–Crippen MR) is 86.7 cm³/mol. The molecule has 1 aromatic carbocycles.